The summed E-state index contributed by atoms with van der Waals surface area (Å²) in [5, 5.41) is 2.91. The Morgan fingerprint density at radius 2 is 2.04 bits per heavy atom. The Morgan fingerprint density at radius 3 is 2.61 bits per heavy atom. The number of rotatable bonds is 6. The summed E-state index contributed by atoms with van der Waals surface area (Å²) in [4.78, 5) is 12.7. The quantitative estimate of drug-likeness (QED) is 0.814. The fourth-order valence-corrected chi connectivity index (χ4v) is 4.31. The van der Waals surface area contributed by atoms with Crippen molar-refractivity contribution in [3.05, 3.63) is 40.2 Å². The molecule has 1 aromatic heterocycles. The molecule has 0 fully saturated rings. The number of hydrogen-bond donors (Lipinski definition) is 2. The number of amides is 1. The molecule has 2 rings (SSSR count). The number of thiophene rings is 1. The highest BCUT2D eigenvalue weighted by Crippen LogP contribution is 2.27. The summed E-state index contributed by atoms with van der Waals surface area (Å²) in [6, 6.07) is 7.95. The van der Waals surface area contributed by atoms with E-state index in [9.17, 15) is 13.2 Å². The van der Waals surface area contributed by atoms with Gasteiger partial charge >= 0.3 is 0 Å². The third-order valence-corrected chi connectivity index (χ3v) is 6.03. The summed E-state index contributed by atoms with van der Waals surface area (Å²) in [5.41, 5.74) is 0.451. The third kappa shape index (κ3) is 4.68. The van der Waals surface area contributed by atoms with Crippen molar-refractivity contribution in [3.8, 4) is 5.75 Å². The van der Waals surface area contributed by atoms with Crippen molar-refractivity contribution in [1.29, 1.82) is 0 Å². The first-order valence-electron chi connectivity index (χ1n) is 6.51. The lowest BCUT2D eigenvalue weighted by molar-refractivity contribution is -0.115. The van der Waals surface area contributed by atoms with E-state index >= 15 is 0 Å². The fourth-order valence-electron chi connectivity index (χ4n) is 1.74. The van der Waals surface area contributed by atoms with Gasteiger partial charge in [0.1, 0.15) is 9.96 Å². The Hall–Kier alpha value is -1.61. The Labute approximate surface area is 143 Å². The second-order valence-corrected chi connectivity index (χ2v) is 8.28. The number of halogens is 1. The SMILES string of the molecule is COc1ccc(NC(=O)CNS(=O)(=O)c2ccc(C)s2)cc1Cl. The lowest BCUT2D eigenvalue weighted by atomic mass is 10.3. The maximum Gasteiger partial charge on any atom is 0.250 e. The van der Waals surface area contributed by atoms with Crippen molar-refractivity contribution >= 4 is 44.6 Å². The molecule has 0 saturated carbocycles. The van der Waals surface area contributed by atoms with Gasteiger partial charge in [-0.25, -0.2) is 13.1 Å². The molecule has 1 amide bonds. The number of nitrogens with one attached hydrogen (secondary N) is 2. The first-order chi connectivity index (χ1) is 10.8. The van der Waals surface area contributed by atoms with Crippen molar-refractivity contribution in [2.75, 3.05) is 19.0 Å². The van der Waals surface area contributed by atoms with E-state index in [0.717, 1.165) is 16.2 Å². The Morgan fingerprint density at radius 1 is 1.30 bits per heavy atom. The molecule has 23 heavy (non-hydrogen) atoms. The second-order valence-electron chi connectivity index (χ2n) is 4.59. The maximum atomic E-state index is 12.0. The van der Waals surface area contributed by atoms with Crippen molar-refractivity contribution in [2.45, 2.75) is 11.1 Å². The molecule has 6 nitrogen and oxygen atoms in total. The van der Waals surface area contributed by atoms with E-state index in [0.29, 0.717) is 16.5 Å². The van der Waals surface area contributed by atoms with Gasteiger partial charge in [0.05, 0.1) is 18.7 Å². The predicted molar refractivity (Wildman–Crippen MR) is 90.9 cm³/mol. The van der Waals surface area contributed by atoms with Crippen LogP contribution < -0.4 is 14.8 Å². The van der Waals surface area contributed by atoms with E-state index in [1.165, 1.54) is 19.2 Å². The summed E-state index contributed by atoms with van der Waals surface area (Å²) < 4.78 is 31.5. The van der Waals surface area contributed by atoms with Crippen LogP contribution in [0.25, 0.3) is 0 Å². The molecule has 0 aliphatic heterocycles. The average Bonchev–Trinajstić information content (AvgIpc) is 2.93. The van der Waals surface area contributed by atoms with Crippen LogP contribution in [-0.4, -0.2) is 28.0 Å². The Kier molecular flexibility index (Phi) is 5.64. The van der Waals surface area contributed by atoms with Crippen LogP contribution in [0.1, 0.15) is 4.88 Å². The van der Waals surface area contributed by atoms with Crippen LogP contribution in [0.3, 0.4) is 0 Å². The van der Waals surface area contributed by atoms with Crippen LogP contribution in [0.4, 0.5) is 5.69 Å². The molecule has 1 aromatic carbocycles. The van der Waals surface area contributed by atoms with Crippen molar-refractivity contribution in [1.82, 2.24) is 4.72 Å². The highest BCUT2D eigenvalue weighted by molar-refractivity contribution is 7.91. The number of anilines is 1. The van der Waals surface area contributed by atoms with E-state index in [2.05, 4.69) is 10.0 Å². The number of carbonyl (C=O) groups is 1. The van der Waals surface area contributed by atoms with E-state index in [1.54, 1.807) is 18.2 Å². The number of carbonyl (C=O) groups excluding carboxylic acids is 1. The lowest BCUT2D eigenvalue weighted by Crippen LogP contribution is -2.32. The molecule has 2 N–H and O–H groups in total. The average molecular weight is 375 g/mol. The molecule has 0 saturated heterocycles. The topological polar surface area (TPSA) is 84.5 Å². The van der Waals surface area contributed by atoms with Crippen LogP contribution >= 0.6 is 22.9 Å². The van der Waals surface area contributed by atoms with Gasteiger partial charge in [-0.2, -0.15) is 0 Å². The van der Waals surface area contributed by atoms with E-state index in [-0.39, 0.29) is 10.8 Å². The minimum absolute atomic E-state index is 0.176. The van der Waals surface area contributed by atoms with Gasteiger partial charge < -0.3 is 10.1 Å². The van der Waals surface area contributed by atoms with Crippen molar-refractivity contribution in [3.63, 3.8) is 0 Å². The molecular weight excluding hydrogens is 360 g/mol. The molecule has 0 spiro atoms. The second kappa shape index (κ2) is 7.31. The highest BCUT2D eigenvalue weighted by atomic mass is 35.5. The molecule has 2 aromatic rings. The van der Waals surface area contributed by atoms with Gasteiger partial charge in [-0.1, -0.05) is 11.6 Å². The van der Waals surface area contributed by atoms with Gasteiger partial charge in [0.15, 0.2) is 0 Å². The zero-order valence-corrected chi connectivity index (χ0v) is 14.8. The number of methoxy groups -OCH3 is 1. The molecule has 0 aliphatic carbocycles. The fraction of sp³-hybridized carbons (Fsp3) is 0.214. The Bertz CT molecular complexity index is 818. The normalized spacial score (nSPS) is 11.3. The minimum Gasteiger partial charge on any atom is -0.495 e. The van der Waals surface area contributed by atoms with Gasteiger partial charge in [0.25, 0.3) is 10.0 Å². The number of ether oxygens (including phenoxy) is 1. The Balaban J connectivity index is 1.96. The summed E-state index contributed by atoms with van der Waals surface area (Å²) in [6.45, 7) is 1.44. The van der Waals surface area contributed by atoms with Crippen LogP contribution in [0.5, 0.6) is 5.75 Å². The molecule has 9 heteroatoms. The predicted octanol–water partition coefficient (Wildman–Crippen LogP) is 2.64. The van der Waals surface area contributed by atoms with Gasteiger partial charge in [0, 0.05) is 10.6 Å². The van der Waals surface area contributed by atoms with Crippen molar-refractivity contribution < 1.29 is 17.9 Å². The van der Waals surface area contributed by atoms with Gasteiger partial charge in [-0.05, 0) is 37.3 Å². The largest absolute Gasteiger partial charge is 0.495 e. The summed E-state index contributed by atoms with van der Waals surface area (Å²) >= 11 is 7.10. The van der Waals surface area contributed by atoms with Crippen molar-refractivity contribution in [2.24, 2.45) is 0 Å². The zero-order valence-electron chi connectivity index (χ0n) is 12.4. The number of hydrogen-bond acceptors (Lipinski definition) is 5. The molecule has 1 heterocycles. The zero-order chi connectivity index (χ0) is 17.0. The smallest absolute Gasteiger partial charge is 0.250 e. The molecule has 0 atom stereocenters. The van der Waals surface area contributed by atoms with Crippen LogP contribution in [0.15, 0.2) is 34.5 Å². The van der Waals surface area contributed by atoms with E-state index in [4.69, 9.17) is 16.3 Å². The van der Waals surface area contributed by atoms with E-state index in [1.807, 2.05) is 6.92 Å². The van der Waals surface area contributed by atoms with E-state index < -0.39 is 15.9 Å². The first kappa shape index (κ1) is 17.7. The molecule has 0 radical (unpaired) electrons. The first-order valence-corrected chi connectivity index (χ1v) is 9.19. The summed E-state index contributed by atoms with van der Waals surface area (Å²) in [6.07, 6.45) is 0. The summed E-state index contributed by atoms with van der Waals surface area (Å²) in [5.74, 6) is -0.0125. The molecule has 0 unspecified atom stereocenters. The third-order valence-electron chi connectivity index (χ3n) is 2.84. The standard InChI is InChI=1S/C14H15ClN2O4S2/c1-9-3-6-14(22-9)23(19,20)16-8-13(18)17-10-4-5-12(21-2)11(15)7-10/h3-7,16H,8H2,1-2H3,(H,17,18). The van der Waals surface area contributed by atoms with Crippen LogP contribution in [0.2, 0.25) is 5.02 Å². The van der Waals surface area contributed by atoms with Crippen LogP contribution in [-0.2, 0) is 14.8 Å². The molecule has 0 aliphatic rings. The van der Waals surface area contributed by atoms with Crippen LogP contribution in [0, 0.1) is 6.92 Å². The molecule has 124 valence electrons. The molecular formula is C14H15ClN2O4S2. The van der Waals surface area contributed by atoms with Gasteiger partial charge in [0.2, 0.25) is 5.91 Å². The lowest BCUT2D eigenvalue weighted by Gasteiger charge is -2.08. The number of aryl methyl sites for hydroxylation is 1. The minimum atomic E-state index is -3.68. The number of sulfonamides is 1. The highest BCUT2D eigenvalue weighted by Gasteiger charge is 2.17. The maximum absolute atomic E-state index is 12.0. The summed E-state index contributed by atoms with van der Waals surface area (Å²) in [7, 11) is -2.20. The monoisotopic (exact) mass is 374 g/mol. The molecule has 0 bridgehead atoms. The number of benzene rings is 1. The van der Waals surface area contributed by atoms with Gasteiger partial charge in [-0.3, -0.25) is 4.79 Å². The van der Waals surface area contributed by atoms with Gasteiger partial charge in [-0.15, -0.1) is 11.3 Å².